The van der Waals surface area contributed by atoms with Gasteiger partial charge in [0.2, 0.25) is 5.91 Å². The lowest BCUT2D eigenvalue weighted by atomic mass is 10.0. The number of piperazine rings is 1. The van der Waals surface area contributed by atoms with E-state index in [9.17, 15) is 9.59 Å². The van der Waals surface area contributed by atoms with E-state index in [1.165, 1.54) is 5.56 Å². The molecule has 3 aromatic rings. The van der Waals surface area contributed by atoms with Gasteiger partial charge < -0.3 is 14.5 Å². The van der Waals surface area contributed by atoms with Gasteiger partial charge in [-0.1, -0.05) is 19.1 Å². The molecule has 168 valence electrons. The van der Waals surface area contributed by atoms with Crippen LogP contribution < -0.4 is 15.7 Å². The number of nitrogens with one attached hydrogen (secondary N) is 1. The average molecular weight is 436 g/mol. The van der Waals surface area contributed by atoms with Crippen LogP contribution in [0.4, 0.5) is 5.69 Å². The molecule has 0 unspecified atom stereocenters. The van der Waals surface area contributed by atoms with Crippen molar-refractivity contribution >= 4 is 22.6 Å². The number of amides is 1. The Balaban J connectivity index is 1.34. The number of methoxy groups -OCH3 is 1. The van der Waals surface area contributed by atoms with Crippen LogP contribution in [-0.2, 0) is 17.8 Å². The number of rotatable bonds is 7. The Morgan fingerprint density at radius 3 is 2.59 bits per heavy atom. The zero-order chi connectivity index (χ0) is 22.5. The first-order valence-electron chi connectivity index (χ1n) is 11.0. The maximum absolute atomic E-state index is 12.4. The maximum Gasteiger partial charge on any atom is 0.336 e. The molecule has 1 aliphatic rings. The van der Waals surface area contributed by atoms with E-state index in [-0.39, 0.29) is 11.5 Å². The number of nitrogens with zero attached hydrogens (tertiary/aromatic N) is 2. The Labute approximate surface area is 187 Å². The first kappa shape index (κ1) is 22.0. The number of carbonyl (C=O) groups excluding carboxylic acids is 1. The number of benzene rings is 2. The largest absolute Gasteiger partial charge is 0.497 e. The van der Waals surface area contributed by atoms with Gasteiger partial charge in [0.1, 0.15) is 11.3 Å². The molecule has 0 radical (unpaired) electrons. The van der Waals surface area contributed by atoms with E-state index >= 15 is 0 Å². The molecule has 1 aromatic heterocycles. The highest BCUT2D eigenvalue weighted by molar-refractivity contribution is 5.92. The molecule has 2 aromatic carbocycles. The van der Waals surface area contributed by atoms with Crippen molar-refractivity contribution in [3.63, 3.8) is 0 Å². The Morgan fingerprint density at radius 1 is 1.06 bits per heavy atom. The molecule has 0 spiro atoms. The first-order valence-corrected chi connectivity index (χ1v) is 11.0. The van der Waals surface area contributed by atoms with Gasteiger partial charge in [-0.3, -0.25) is 14.6 Å². The SMILES string of the molecule is CCc1ccc2oc(=O)cc(CN3CCN(CC(=O)Nc4cccc(OC)c4)CC3)c2c1. The Bertz CT molecular complexity index is 1150. The number of fused-ring (bicyclic) bond motifs is 1. The zero-order valence-corrected chi connectivity index (χ0v) is 18.6. The van der Waals surface area contributed by atoms with Gasteiger partial charge in [-0.15, -0.1) is 0 Å². The van der Waals surface area contributed by atoms with Gasteiger partial charge in [-0.2, -0.15) is 0 Å². The molecule has 0 aliphatic carbocycles. The zero-order valence-electron chi connectivity index (χ0n) is 18.6. The van der Waals surface area contributed by atoms with E-state index in [0.717, 1.165) is 49.2 Å². The van der Waals surface area contributed by atoms with E-state index in [1.807, 2.05) is 30.3 Å². The summed E-state index contributed by atoms with van der Waals surface area (Å²) in [7, 11) is 1.61. The van der Waals surface area contributed by atoms with E-state index < -0.39 is 0 Å². The van der Waals surface area contributed by atoms with Gasteiger partial charge >= 0.3 is 5.63 Å². The fraction of sp³-hybridized carbons (Fsp3) is 0.360. The number of hydrogen-bond donors (Lipinski definition) is 1. The minimum atomic E-state index is -0.315. The second-order valence-corrected chi connectivity index (χ2v) is 8.11. The summed E-state index contributed by atoms with van der Waals surface area (Å²) in [5.74, 6) is 0.676. The van der Waals surface area contributed by atoms with Gasteiger partial charge in [0.05, 0.1) is 13.7 Å². The molecule has 7 heteroatoms. The molecule has 1 amide bonds. The number of anilines is 1. The average Bonchev–Trinajstić information content (AvgIpc) is 2.80. The summed E-state index contributed by atoms with van der Waals surface area (Å²) in [5, 5.41) is 3.94. The molecule has 0 bridgehead atoms. The van der Waals surface area contributed by atoms with E-state index in [0.29, 0.717) is 24.4 Å². The van der Waals surface area contributed by atoms with Crippen molar-refractivity contribution in [2.24, 2.45) is 0 Å². The summed E-state index contributed by atoms with van der Waals surface area (Å²) in [6, 6.07) is 15.0. The van der Waals surface area contributed by atoms with Gasteiger partial charge in [0.25, 0.3) is 0 Å². The minimum absolute atomic E-state index is 0.0366. The van der Waals surface area contributed by atoms with Gasteiger partial charge in [0.15, 0.2) is 0 Å². The smallest absolute Gasteiger partial charge is 0.336 e. The predicted molar refractivity (Wildman–Crippen MR) is 125 cm³/mol. The first-order chi connectivity index (χ1) is 15.5. The van der Waals surface area contributed by atoms with E-state index in [2.05, 4.69) is 28.1 Å². The lowest BCUT2D eigenvalue weighted by Gasteiger charge is -2.34. The van der Waals surface area contributed by atoms with Crippen molar-refractivity contribution in [1.29, 1.82) is 0 Å². The third-order valence-corrected chi connectivity index (χ3v) is 5.88. The third kappa shape index (κ3) is 5.36. The molecule has 1 N–H and O–H groups in total. The van der Waals surface area contributed by atoms with Crippen molar-refractivity contribution in [2.75, 3.05) is 45.2 Å². The molecule has 32 heavy (non-hydrogen) atoms. The van der Waals surface area contributed by atoms with Gasteiger partial charge in [-0.05, 0) is 41.8 Å². The van der Waals surface area contributed by atoms with Crippen molar-refractivity contribution < 1.29 is 13.9 Å². The van der Waals surface area contributed by atoms with Crippen LogP contribution in [0.15, 0.2) is 57.7 Å². The topological polar surface area (TPSA) is 75.0 Å². The van der Waals surface area contributed by atoms with Crippen LogP contribution in [0.3, 0.4) is 0 Å². The number of carbonyl (C=O) groups is 1. The van der Waals surface area contributed by atoms with Crippen molar-refractivity contribution in [1.82, 2.24) is 9.80 Å². The summed E-state index contributed by atoms with van der Waals surface area (Å²) in [4.78, 5) is 28.9. The van der Waals surface area contributed by atoms with Crippen molar-refractivity contribution in [3.05, 3.63) is 70.1 Å². The van der Waals surface area contributed by atoms with Crippen LogP contribution in [0.25, 0.3) is 11.0 Å². The third-order valence-electron chi connectivity index (χ3n) is 5.88. The molecular weight excluding hydrogens is 406 g/mol. The molecule has 7 nitrogen and oxygen atoms in total. The van der Waals surface area contributed by atoms with E-state index in [4.69, 9.17) is 9.15 Å². The summed E-state index contributed by atoms with van der Waals surface area (Å²) in [6.07, 6.45) is 0.936. The molecule has 0 atom stereocenters. The second kappa shape index (κ2) is 9.97. The molecule has 1 fully saturated rings. The molecule has 0 saturated carbocycles. The Hall–Kier alpha value is -3.16. The second-order valence-electron chi connectivity index (χ2n) is 8.11. The minimum Gasteiger partial charge on any atom is -0.497 e. The Morgan fingerprint density at radius 2 is 1.84 bits per heavy atom. The molecular formula is C25H29N3O4. The summed E-state index contributed by atoms with van der Waals surface area (Å²) >= 11 is 0. The quantitative estimate of drug-likeness (QED) is 0.575. The van der Waals surface area contributed by atoms with Gasteiger partial charge in [-0.25, -0.2) is 4.79 Å². The lowest BCUT2D eigenvalue weighted by Crippen LogP contribution is -2.48. The fourth-order valence-corrected chi connectivity index (χ4v) is 4.08. The fourth-order valence-electron chi connectivity index (χ4n) is 4.08. The maximum atomic E-state index is 12.4. The standard InChI is InChI=1S/C25H29N3O4/c1-3-18-7-8-23-22(13-18)19(14-25(30)32-23)16-27-9-11-28(12-10-27)17-24(29)26-20-5-4-6-21(15-20)31-2/h4-8,13-15H,3,9-12,16-17H2,1-2H3,(H,26,29). The lowest BCUT2D eigenvalue weighted by molar-refractivity contribution is -0.117. The normalized spacial score (nSPS) is 15.1. The van der Waals surface area contributed by atoms with Crippen molar-refractivity contribution in [3.8, 4) is 5.75 Å². The molecule has 4 rings (SSSR count). The van der Waals surface area contributed by atoms with Crippen molar-refractivity contribution in [2.45, 2.75) is 19.9 Å². The highest BCUT2D eigenvalue weighted by atomic mass is 16.5. The van der Waals surface area contributed by atoms with E-state index in [1.54, 1.807) is 19.2 Å². The van der Waals surface area contributed by atoms with Crippen LogP contribution in [-0.4, -0.2) is 55.5 Å². The Kier molecular flexibility index (Phi) is 6.87. The van der Waals surface area contributed by atoms with Gasteiger partial charge in [0, 0.05) is 55.9 Å². The summed E-state index contributed by atoms with van der Waals surface area (Å²) in [6.45, 7) is 6.42. The summed E-state index contributed by atoms with van der Waals surface area (Å²) < 4.78 is 10.6. The summed E-state index contributed by atoms with van der Waals surface area (Å²) in [5.41, 5.74) is 3.27. The number of ether oxygens (including phenoxy) is 1. The molecule has 1 aliphatic heterocycles. The monoisotopic (exact) mass is 435 g/mol. The van der Waals surface area contributed by atoms with Crippen LogP contribution in [0.1, 0.15) is 18.1 Å². The highest BCUT2D eigenvalue weighted by Gasteiger charge is 2.20. The van der Waals surface area contributed by atoms with Crippen LogP contribution >= 0.6 is 0 Å². The number of hydrogen-bond acceptors (Lipinski definition) is 6. The number of aryl methyl sites for hydroxylation is 1. The predicted octanol–water partition coefficient (Wildman–Crippen LogP) is 3.12. The van der Waals surface area contributed by atoms with Crippen LogP contribution in [0.5, 0.6) is 5.75 Å². The molecule has 2 heterocycles. The van der Waals surface area contributed by atoms with Crippen LogP contribution in [0.2, 0.25) is 0 Å². The molecule has 1 saturated heterocycles. The van der Waals surface area contributed by atoms with Crippen LogP contribution in [0, 0.1) is 0 Å². The highest BCUT2D eigenvalue weighted by Crippen LogP contribution is 2.21.